The van der Waals surface area contributed by atoms with Gasteiger partial charge in [-0.25, -0.2) is 9.59 Å². The Labute approximate surface area is 159 Å². The molecule has 0 spiro atoms. The van der Waals surface area contributed by atoms with Crippen LogP contribution in [0.5, 0.6) is 0 Å². The minimum atomic E-state index is -1.43. The van der Waals surface area contributed by atoms with Crippen LogP contribution in [0.4, 0.5) is 4.79 Å². The molecule has 5 heteroatoms. The molecule has 27 heavy (non-hydrogen) atoms. The van der Waals surface area contributed by atoms with Crippen molar-refractivity contribution in [3.63, 3.8) is 0 Å². The van der Waals surface area contributed by atoms with Gasteiger partial charge in [-0.15, -0.1) is 6.42 Å². The SMILES string of the molecule is C#CC(OC(=O)NC(C(=O)OC)C(C)C)(c1ccccc1)c1ccccc1. The van der Waals surface area contributed by atoms with Crippen LogP contribution in [0, 0.1) is 18.3 Å². The van der Waals surface area contributed by atoms with E-state index in [1.54, 1.807) is 38.1 Å². The van der Waals surface area contributed by atoms with Gasteiger partial charge in [0.15, 0.2) is 0 Å². The van der Waals surface area contributed by atoms with Crippen LogP contribution in [0.15, 0.2) is 60.7 Å². The highest BCUT2D eigenvalue weighted by Gasteiger charge is 2.38. The van der Waals surface area contributed by atoms with E-state index in [9.17, 15) is 9.59 Å². The van der Waals surface area contributed by atoms with Crippen LogP contribution in [-0.2, 0) is 19.9 Å². The summed E-state index contributed by atoms with van der Waals surface area (Å²) in [5.41, 5.74) is -0.161. The van der Waals surface area contributed by atoms with Crippen molar-refractivity contribution in [1.82, 2.24) is 5.32 Å². The number of amides is 1. The summed E-state index contributed by atoms with van der Waals surface area (Å²) in [5.74, 6) is 1.90. The lowest BCUT2D eigenvalue weighted by Crippen LogP contribution is -2.47. The predicted octanol–water partition coefficient (Wildman–Crippen LogP) is 3.49. The average molecular weight is 365 g/mol. The third kappa shape index (κ3) is 4.48. The van der Waals surface area contributed by atoms with Crippen molar-refractivity contribution >= 4 is 12.1 Å². The number of rotatable bonds is 6. The first-order chi connectivity index (χ1) is 12.9. The monoisotopic (exact) mass is 365 g/mol. The van der Waals surface area contributed by atoms with Gasteiger partial charge in [0, 0.05) is 11.1 Å². The van der Waals surface area contributed by atoms with Gasteiger partial charge in [-0.3, -0.25) is 0 Å². The maximum Gasteiger partial charge on any atom is 0.409 e. The summed E-state index contributed by atoms with van der Waals surface area (Å²) in [6.45, 7) is 3.59. The molecule has 0 heterocycles. The summed E-state index contributed by atoms with van der Waals surface area (Å²) in [7, 11) is 1.27. The van der Waals surface area contributed by atoms with Crippen LogP contribution in [0.2, 0.25) is 0 Å². The standard InChI is InChI=1S/C22H23NO4/c1-5-22(17-12-8-6-9-13-17,18-14-10-7-11-15-18)27-21(25)23-19(16(2)3)20(24)26-4/h1,6-16,19H,2-4H3,(H,23,25). The first-order valence-corrected chi connectivity index (χ1v) is 8.60. The Morgan fingerprint density at radius 2 is 1.48 bits per heavy atom. The van der Waals surface area contributed by atoms with E-state index in [1.807, 2.05) is 36.4 Å². The molecule has 0 bridgehead atoms. The summed E-state index contributed by atoms with van der Waals surface area (Å²) >= 11 is 0. The first kappa shape index (κ1) is 20.1. The summed E-state index contributed by atoms with van der Waals surface area (Å²) in [4.78, 5) is 24.6. The van der Waals surface area contributed by atoms with E-state index in [-0.39, 0.29) is 5.92 Å². The van der Waals surface area contributed by atoms with E-state index in [0.717, 1.165) is 0 Å². The van der Waals surface area contributed by atoms with Crippen molar-refractivity contribution in [1.29, 1.82) is 0 Å². The Kier molecular flexibility index (Phi) is 6.62. The molecule has 0 fully saturated rings. The van der Waals surface area contributed by atoms with Crippen molar-refractivity contribution in [2.45, 2.75) is 25.5 Å². The zero-order valence-electron chi connectivity index (χ0n) is 15.6. The number of methoxy groups -OCH3 is 1. The van der Waals surface area contributed by atoms with Gasteiger partial charge in [0.1, 0.15) is 6.04 Å². The summed E-state index contributed by atoms with van der Waals surface area (Å²) in [6.07, 6.45) is 5.05. The molecule has 1 atom stereocenters. The van der Waals surface area contributed by atoms with Gasteiger partial charge in [-0.05, 0) is 11.8 Å². The Morgan fingerprint density at radius 1 is 1.00 bits per heavy atom. The second-order valence-corrected chi connectivity index (χ2v) is 6.34. The topological polar surface area (TPSA) is 64.6 Å². The van der Waals surface area contributed by atoms with Gasteiger partial charge in [0.2, 0.25) is 5.60 Å². The lowest BCUT2D eigenvalue weighted by Gasteiger charge is -2.30. The molecule has 2 rings (SSSR count). The quantitative estimate of drug-likeness (QED) is 0.629. The molecular weight excluding hydrogens is 342 g/mol. The zero-order valence-corrected chi connectivity index (χ0v) is 15.6. The Hall–Kier alpha value is -3.26. The fourth-order valence-electron chi connectivity index (χ4n) is 2.75. The molecule has 1 N–H and O–H groups in total. The van der Waals surface area contributed by atoms with Crippen LogP contribution >= 0.6 is 0 Å². The smallest absolute Gasteiger partial charge is 0.409 e. The average Bonchev–Trinajstić information content (AvgIpc) is 2.70. The van der Waals surface area contributed by atoms with Crippen LogP contribution in [0.1, 0.15) is 25.0 Å². The van der Waals surface area contributed by atoms with Gasteiger partial charge in [-0.2, -0.15) is 0 Å². The van der Waals surface area contributed by atoms with Crippen molar-refractivity contribution in [3.8, 4) is 12.3 Å². The number of ether oxygens (including phenoxy) is 2. The Morgan fingerprint density at radius 3 is 1.85 bits per heavy atom. The van der Waals surface area contributed by atoms with Gasteiger partial charge in [0.05, 0.1) is 7.11 Å². The number of carbonyl (C=O) groups excluding carboxylic acids is 2. The number of hydrogen-bond donors (Lipinski definition) is 1. The summed E-state index contributed by atoms with van der Waals surface area (Å²) in [6, 6.07) is 17.3. The van der Waals surface area contributed by atoms with Crippen LogP contribution < -0.4 is 5.32 Å². The molecule has 140 valence electrons. The fraction of sp³-hybridized carbons (Fsp3) is 0.273. The third-order valence-corrected chi connectivity index (χ3v) is 4.20. The number of carbonyl (C=O) groups is 2. The van der Waals surface area contributed by atoms with Gasteiger partial charge in [0.25, 0.3) is 0 Å². The molecule has 0 saturated carbocycles. The molecule has 0 aromatic heterocycles. The molecule has 1 unspecified atom stereocenters. The second-order valence-electron chi connectivity index (χ2n) is 6.34. The number of esters is 1. The Bertz CT molecular complexity index is 770. The first-order valence-electron chi connectivity index (χ1n) is 8.60. The molecule has 5 nitrogen and oxygen atoms in total. The number of hydrogen-bond acceptors (Lipinski definition) is 4. The highest BCUT2D eigenvalue weighted by molar-refractivity contribution is 5.82. The van der Waals surface area contributed by atoms with E-state index in [4.69, 9.17) is 15.9 Å². The van der Waals surface area contributed by atoms with Crippen molar-refractivity contribution in [2.24, 2.45) is 5.92 Å². The van der Waals surface area contributed by atoms with E-state index in [2.05, 4.69) is 11.2 Å². The van der Waals surface area contributed by atoms with Gasteiger partial charge >= 0.3 is 12.1 Å². The van der Waals surface area contributed by atoms with Gasteiger partial charge in [-0.1, -0.05) is 74.5 Å². The molecule has 1 amide bonds. The van der Waals surface area contributed by atoms with Crippen molar-refractivity contribution in [3.05, 3.63) is 71.8 Å². The molecule has 0 aliphatic rings. The number of nitrogens with one attached hydrogen (secondary N) is 1. The molecule has 2 aromatic rings. The molecule has 0 aliphatic heterocycles. The van der Waals surface area contributed by atoms with Crippen LogP contribution in [0.25, 0.3) is 0 Å². The van der Waals surface area contributed by atoms with Crippen LogP contribution in [-0.4, -0.2) is 25.2 Å². The van der Waals surface area contributed by atoms with E-state index >= 15 is 0 Å². The number of alkyl carbamates (subject to hydrolysis) is 1. The number of terminal acetylenes is 1. The fourth-order valence-corrected chi connectivity index (χ4v) is 2.75. The van der Waals surface area contributed by atoms with Gasteiger partial charge < -0.3 is 14.8 Å². The molecule has 2 aromatic carbocycles. The zero-order chi connectivity index (χ0) is 19.9. The number of benzene rings is 2. The molecule has 0 aliphatic carbocycles. The highest BCUT2D eigenvalue weighted by Crippen LogP contribution is 2.33. The maximum absolute atomic E-state index is 12.7. The van der Waals surface area contributed by atoms with E-state index in [0.29, 0.717) is 11.1 Å². The van der Waals surface area contributed by atoms with E-state index < -0.39 is 23.7 Å². The summed E-state index contributed by atoms with van der Waals surface area (Å²) < 4.78 is 10.5. The van der Waals surface area contributed by atoms with Crippen molar-refractivity contribution < 1.29 is 19.1 Å². The third-order valence-electron chi connectivity index (χ3n) is 4.20. The normalized spacial score (nSPS) is 12.0. The lowest BCUT2D eigenvalue weighted by atomic mass is 9.87. The summed E-state index contributed by atoms with van der Waals surface area (Å²) in [5, 5.41) is 2.56. The second kappa shape index (κ2) is 8.91. The largest absolute Gasteiger partial charge is 0.467 e. The molecule has 0 radical (unpaired) electrons. The lowest BCUT2D eigenvalue weighted by molar-refractivity contribution is -0.144. The minimum absolute atomic E-state index is 0.182. The molecule has 0 saturated heterocycles. The van der Waals surface area contributed by atoms with E-state index in [1.165, 1.54) is 7.11 Å². The highest BCUT2D eigenvalue weighted by atomic mass is 16.6. The van der Waals surface area contributed by atoms with Crippen molar-refractivity contribution in [2.75, 3.05) is 7.11 Å². The minimum Gasteiger partial charge on any atom is -0.467 e. The maximum atomic E-state index is 12.7. The van der Waals surface area contributed by atoms with Crippen LogP contribution in [0.3, 0.4) is 0 Å². The Balaban J connectivity index is 2.40. The predicted molar refractivity (Wildman–Crippen MR) is 103 cm³/mol. The molecular formula is C22H23NO4.